The number of hydrogen-bond acceptors (Lipinski definition) is 5. The average molecular weight is 370 g/mol. The van der Waals surface area contributed by atoms with E-state index >= 15 is 0 Å². The lowest BCUT2D eigenvalue weighted by atomic mass is 10.3. The summed E-state index contributed by atoms with van der Waals surface area (Å²) in [5.41, 5.74) is 0.387. The van der Waals surface area contributed by atoms with E-state index < -0.39 is 10.0 Å². The number of ether oxygens (including phenoxy) is 1. The topological polar surface area (TPSA) is 71.5 Å². The number of aromatic nitrogens is 1. The minimum absolute atomic E-state index is 0.0566. The van der Waals surface area contributed by atoms with Crippen LogP contribution >= 0.6 is 11.6 Å². The van der Waals surface area contributed by atoms with E-state index in [2.05, 4.69) is 14.6 Å². The third-order valence-electron chi connectivity index (χ3n) is 3.52. The number of nitrogens with one attached hydrogen (secondary N) is 1. The van der Waals surface area contributed by atoms with Crippen LogP contribution < -0.4 is 14.4 Å². The molecule has 0 radical (unpaired) electrons. The Kier molecular flexibility index (Phi) is 5.90. The summed E-state index contributed by atoms with van der Waals surface area (Å²) in [6, 6.07) is 7.76. The zero-order valence-electron chi connectivity index (χ0n) is 13.8. The van der Waals surface area contributed by atoms with Gasteiger partial charge in [0.15, 0.2) is 0 Å². The highest BCUT2D eigenvalue weighted by atomic mass is 35.5. The molecule has 0 amide bonds. The van der Waals surface area contributed by atoms with Crippen molar-refractivity contribution in [2.24, 2.45) is 0 Å². The number of benzene rings is 1. The molecule has 24 heavy (non-hydrogen) atoms. The van der Waals surface area contributed by atoms with Crippen LogP contribution in [0, 0.1) is 0 Å². The van der Waals surface area contributed by atoms with Gasteiger partial charge in [0.1, 0.15) is 11.6 Å². The summed E-state index contributed by atoms with van der Waals surface area (Å²) in [5, 5.41) is 0.232. The largest absolute Gasteiger partial charge is 0.495 e. The molecule has 8 heteroatoms. The second kappa shape index (κ2) is 7.72. The van der Waals surface area contributed by atoms with Gasteiger partial charge < -0.3 is 9.64 Å². The van der Waals surface area contributed by atoms with E-state index in [1.165, 1.54) is 31.5 Å². The maximum atomic E-state index is 12.4. The first kappa shape index (κ1) is 18.4. The molecule has 0 aliphatic heterocycles. The van der Waals surface area contributed by atoms with Crippen molar-refractivity contribution >= 4 is 33.1 Å². The summed E-state index contributed by atoms with van der Waals surface area (Å²) in [4.78, 5) is 6.42. The fraction of sp³-hybridized carbons (Fsp3) is 0.312. The molecular formula is C16H20ClN3O3S. The molecule has 1 heterocycles. The highest BCUT2D eigenvalue weighted by Crippen LogP contribution is 2.28. The third kappa shape index (κ3) is 4.10. The highest BCUT2D eigenvalue weighted by Gasteiger charge is 2.16. The van der Waals surface area contributed by atoms with Crippen molar-refractivity contribution in [1.82, 2.24) is 4.98 Å². The van der Waals surface area contributed by atoms with Crippen LogP contribution in [-0.4, -0.2) is 33.6 Å². The Morgan fingerprint density at radius 2 is 1.92 bits per heavy atom. The molecule has 0 unspecified atom stereocenters. The first-order valence-corrected chi connectivity index (χ1v) is 9.34. The van der Waals surface area contributed by atoms with Crippen LogP contribution in [-0.2, 0) is 10.0 Å². The van der Waals surface area contributed by atoms with Gasteiger partial charge in [-0.2, -0.15) is 0 Å². The zero-order chi connectivity index (χ0) is 17.7. The Hall–Kier alpha value is -1.99. The first-order valence-electron chi connectivity index (χ1n) is 7.48. The number of pyridine rings is 1. The Morgan fingerprint density at radius 1 is 1.21 bits per heavy atom. The van der Waals surface area contributed by atoms with Gasteiger partial charge in [-0.25, -0.2) is 13.4 Å². The molecule has 0 saturated carbocycles. The number of sulfonamides is 1. The summed E-state index contributed by atoms with van der Waals surface area (Å²) >= 11 is 5.99. The first-order chi connectivity index (χ1) is 11.4. The molecule has 1 aromatic carbocycles. The quantitative estimate of drug-likeness (QED) is 0.809. The molecule has 130 valence electrons. The molecule has 6 nitrogen and oxygen atoms in total. The molecule has 1 aromatic heterocycles. The van der Waals surface area contributed by atoms with Crippen molar-refractivity contribution in [3.8, 4) is 5.75 Å². The number of hydrogen-bond donors (Lipinski definition) is 1. The fourth-order valence-corrected chi connectivity index (χ4v) is 3.60. The van der Waals surface area contributed by atoms with Gasteiger partial charge in [-0.15, -0.1) is 0 Å². The van der Waals surface area contributed by atoms with Crippen LogP contribution in [0.1, 0.15) is 13.8 Å². The minimum atomic E-state index is -3.75. The van der Waals surface area contributed by atoms with Crippen LogP contribution in [0.4, 0.5) is 11.5 Å². The van der Waals surface area contributed by atoms with Crippen molar-refractivity contribution in [3.05, 3.63) is 41.6 Å². The molecule has 0 saturated heterocycles. The molecule has 0 aliphatic carbocycles. The summed E-state index contributed by atoms with van der Waals surface area (Å²) in [7, 11) is -2.28. The average Bonchev–Trinajstić information content (AvgIpc) is 2.57. The predicted molar refractivity (Wildman–Crippen MR) is 96.6 cm³/mol. The van der Waals surface area contributed by atoms with Gasteiger partial charge in [0.2, 0.25) is 0 Å². The number of methoxy groups -OCH3 is 1. The van der Waals surface area contributed by atoms with Crippen molar-refractivity contribution < 1.29 is 13.2 Å². The van der Waals surface area contributed by atoms with E-state index in [-0.39, 0.29) is 9.92 Å². The zero-order valence-corrected chi connectivity index (χ0v) is 15.4. The molecule has 0 fully saturated rings. The van der Waals surface area contributed by atoms with E-state index in [4.69, 9.17) is 16.3 Å². The minimum Gasteiger partial charge on any atom is -0.495 e. The molecule has 1 N–H and O–H groups in total. The van der Waals surface area contributed by atoms with Crippen LogP contribution in [0.3, 0.4) is 0 Å². The van der Waals surface area contributed by atoms with Crippen molar-refractivity contribution in [3.63, 3.8) is 0 Å². The molecule has 0 atom stereocenters. The molecule has 2 aromatic rings. The van der Waals surface area contributed by atoms with Crippen molar-refractivity contribution in [2.45, 2.75) is 18.7 Å². The van der Waals surface area contributed by atoms with E-state index in [0.29, 0.717) is 11.4 Å². The fourth-order valence-electron chi connectivity index (χ4n) is 2.21. The van der Waals surface area contributed by atoms with Crippen molar-refractivity contribution in [1.29, 1.82) is 0 Å². The number of anilines is 2. The second-order valence-corrected chi connectivity index (χ2v) is 7.07. The van der Waals surface area contributed by atoms with Crippen LogP contribution in [0.25, 0.3) is 0 Å². The molecule has 2 rings (SSSR count). The smallest absolute Gasteiger partial charge is 0.261 e. The Bertz CT molecular complexity index is 791. The SMILES string of the molecule is CCN(CC)c1ccc(NS(=O)(=O)c2ccc(OC)c(Cl)c2)cn1. The van der Waals surface area contributed by atoms with E-state index in [1.54, 1.807) is 12.1 Å². The van der Waals surface area contributed by atoms with Crippen LogP contribution in [0.15, 0.2) is 41.4 Å². The van der Waals surface area contributed by atoms with E-state index in [0.717, 1.165) is 18.9 Å². The normalized spacial score (nSPS) is 11.2. The summed E-state index contributed by atoms with van der Waals surface area (Å²) in [6.45, 7) is 5.74. The summed E-state index contributed by atoms with van der Waals surface area (Å²) < 4.78 is 32.4. The van der Waals surface area contributed by atoms with E-state index in [1.807, 2.05) is 13.8 Å². The summed E-state index contributed by atoms with van der Waals surface area (Å²) in [6.07, 6.45) is 1.50. The number of rotatable bonds is 7. The second-order valence-electron chi connectivity index (χ2n) is 4.98. The van der Waals surface area contributed by atoms with Gasteiger partial charge in [0.25, 0.3) is 10.0 Å². The molecular weight excluding hydrogens is 350 g/mol. The summed E-state index contributed by atoms with van der Waals surface area (Å²) in [5.74, 6) is 1.22. The Morgan fingerprint density at radius 3 is 2.42 bits per heavy atom. The monoisotopic (exact) mass is 369 g/mol. The van der Waals surface area contributed by atoms with Gasteiger partial charge in [0, 0.05) is 13.1 Å². The standard InChI is InChI=1S/C16H20ClN3O3S/c1-4-20(5-2)16-9-6-12(11-18-16)19-24(21,22)13-7-8-15(23-3)14(17)10-13/h6-11,19H,4-5H2,1-3H3. The van der Waals surface area contributed by atoms with Crippen LogP contribution in [0.5, 0.6) is 5.75 Å². The molecule has 0 aliphatic rings. The van der Waals surface area contributed by atoms with Crippen LogP contribution in [0.2, 0.25) is 5.02 Å². The molecule has 0 spiro atoms. The van der Waals surface area contributed by atoms with Gasteiger partial charge in [-0.1, -0.05) is 11.6 Å². The Balaban J connectivity index is 2.21. The maximum Gasteiger partial charge on any atom is 0.261 e. The lowest BCUT2D eigenvalue weighted by Crippen LogP contribution is -2.22. The Labute approximate surface area is 147 Å². The van der Waals surface area contributed by atoms with Crippen molar-refractivity contribution in [2.75, 3.05) is 29.8 Å². The lowest BCUT2D eigenvalue weighted by Gasteiger charge is -2.19. The maximum absolute atomic E-state index is 12.4. The molecule has 0 bridgehead atoms. The number of halogens is 1. The van der Waals surface area contributed by atoms with Gasteiger partial charge >= 0.3 is 0 Å². The van der Waals surface area contributed by atoms with E-state index in [9.17, 15) is 8.42 Å². The lowest BCUT2D eigenvalue weighted by molar-refractivity contribution is 0.414. The highest BCUT2D eigenvalue weighted by molar-refractivity contribution is 7.92. The van der Waals surface area contributed by atoms with Gasteiger partial charge in [-0.3, -0.25) is 4.72 Å². The van der Waals surface area contributed by atoms with Gasteiger partial charge in [-0.05, 0) is 44.2 Å². The predicted octanol–water partition coefficient (Wildman–Crippen LogP) is 3.39. The third-order valence-corrected chi connectivity index (χ3v) is 5.20. The van der Waals surface area contributed by atoms with Gasteiger partial charge in [0.05, 0.1) is 28.9 Å². The number of nitrogens with zero attached hydrogens (tertiary/aromatic N) is 2.